The number of carboxylic acid groups (broad SMARTS) is 4. The first-order valence-corrected chi connectivity index (χ1v) is 9.82. The second-order valence-electron chi connectivity index (χ2n) is 6.46. The summed E-state index contributed by atoms with van der Waals surface area (Å²) in [5.41, 5.74) is 21.7. The lowest BCUT2D eigenvalue weighted by molar-refractivity contribution is -0.139. The number of nitrogens with two attached hydrogens (primary N) is 4. The number of hydrogen-bond acceptors (Lipinski definition) is 8. The summed E-state index contributed by atoms with van der Waals surface area (Å²) in [6.07, 6.45) is 0.770. The van der Waals surface area contributed by atoms with Crippen molar-refractivity contribution in [1.82, 2.24) is 0 Å². The van der Waals surface area contributed by atoms with Crippen LogP contribution in [-0.2, 0) is 32.0 Å². The Labute approximate surface area is 196 Å². The summed E-state index contributed by atoms with van der Waals surface area (Å²) in [7, 11) is 0. The Balaban J connectivity index is 0. The highest BCUT2D eigenvalue weighted by Gasteiger charge is 2.11. The van der Waals surface area contributed by atoms with Crippen molar-refractivity contribution in [3.05, 3.63) is 71.8 Å². The summed E-state index contributed by atoms with van der Waals surface area (Å²) < 4.78 is 0. The Morgan fingerprint density at radius 3 is 1.00 bits per heavy atom. The topological polar surface area (TPSA) is 253 Å². The molecular formula is C22H32N4O8. The van der Waals surface area contributed by atoms with Crippen LogP contribution in [0.3, 0.4) is 0 Å². The fourth-order valence-electron chi connectivity index (χ4n) is 1.91. The Bertz CT molecular complexity index is 779. The van der Waals surface area contributed by atoms with Crippen molar-refractivity contribution in [2.24, 2.45) is 22.9 Å². The van der Waals surface area contributed by atoms with E-state index in [9.17, 15) is 19.2 Å². The van der Waals surface area contributed by atoms with Crippen molar-refractivity contribution in [3.8, 4) is 0 Å². The molecule has 2 aromatic carbocycles. The Kier molecular flexibility index (Phi) is 18.8. The van der Waals surface area contributed by atoms with Gasteiger partial charge in [-0.15, -0.1) is 0 Å². The highest BCUT2D eigenvalue weighted by molar-refractivity contribution is 5.74. The Morgan fingerprint density at radius 2 is 0.824 bits per heavy atom. The molecule has 0 spiro atoms. The highest BCUT2D eigenvalue weighted by atomic mass is 16.4. The lowest BCUT2D eigenvalue weighted by atomic mass is 10.1. The minimum absolute atomic E-state index is 0.278. The van der Waals surface area contributed by atoms with Gasteiger partial charge in [-0.2, -0.15) is 0 Å². The second kappa shape index (κ2) is 19.8. The number of aliphatic carboxylic acids is 4. The van der Waals surface area contributed by atoms with Crippen molar-refractivity contribution < 1.29 is 39.6 Å². The van der Waals surface area contributed by atoms with Crippen LogP contribution in [-0.4, -0.2) is 69.5 Å². The van der Waals surface area contributed by atoms with Crippen LogP contribution >= 0.6 is 0 Å². The maximum atomic E-state index is 10.4. The Hall–Kier alpha value is -3.84. The molecule has 0 aliphatic heterocycles. The van der Waals surface area contributed by atoms with Crippen LogP contribution in [0, 0.1) is 0 Å². The van der Waals surface area contributed by atoms with Crippen molar-refractivity contribution in [3.63, 3.8) is 0 Å². The first-order valence-electron chi connectivity index (χ1n) is 9.82. The molecule has 2 atom stereocenters. The van der Waals surface area contributed by atoms with Gasteiger partial charge in [0, 0.05) is 0 Å². The van der Waals surface area contributed by atoms with Gasteiger partial charge >= 0.3 is 23.9 Å². The minimum Gasteiger partial charge on any atom is -0.480 e. The zero-order valence-electron chi connectivity index (χ0n) is 18.5. The molecule has 0 radical (unpaired) electrons. The number of rotatable bonds is 8. The van der Waals surface area contributed by atoms with E-state index in [-0.39, 0.29) is 13.1 Å². The lowest BCUT2D eigenvalue weighted by Crippen LogP contribution is -2.32. The largest absolute Gasteiger partial charge is 0.480 e. The molecule has 2 rings (SSSR count). The summed E-state index contributed by atoms with van der Waals surface area (Å²) in [5.74, 6) is -3.85. The van der Waals surface area contributed by atoms with E-state index in [1.54, 1.807) is 0 Å². The van der Waals surface area contributed by atoms with Gasteiger partial charge in [0.15, 0.2) is 0 Å². The first kappa shape index (κ1) is 32.3. The van der Waals surface area contributed by atoms with E-state index < -0.39 is 36.0 Å². The molecule has 0 heterocycles. The summed E-state index contributed by atoms with van der Waals surface area (Å²) >= 11 is 0. The highest BCUT2D eigenvalue weighted by Crippen LogP contribution is 2.02. The van der Waals surface area contributed by atoms with Gasteiger partial charge in [-0.1, -0.05) is 60.7 Å². The van der Waals surface area contributed by atoms with Gasteiger partial charge in [0.1, 0.15) is 12.1 Å². The van der Waals surface area contributed by atoms with Gasteiger partial charge in [0.2, 0.25) is 0 Å². The molecule has 0 saturated heterocycles. The molecule has 0 aliphatic carbocycles. The standard InChI is InChI=1S/2C9H11NO2.2C2H5NO2/c2*10-8(9(11)12)6-7-4-2-1-3-5-7;2*3-1-2(4)5/h2*1-5,8H,6,10H2,(H,11,12);2*1,3H2,(H,4,5)/t2*8-;;/m00../s1. The molecule has 12 nitrogen and oxygen atoms in total. The normalized spacial score (nSPS) is 10.9. The zero-order valence-corrected chi connectivity index (χ0v) is 18.5. The molecule has 0 saturated carbocycles. The van der Waals surface area contributed by atoms with E-state index in [2.05, 4.69) is 11.5 Å². The number of hydrogen-bond donors (Lipinski definition) is 8. The second-order valence-corrected chi connectivity index (χ2v) is 6.46. The number of benzene rings is 2. The zero-order chi connectivity index (χ0) is 26.5. The minimum atomic E-state index is -0.968. The SMILES string of the molecule is NCC(=O)O.NCC(=O)O.N[C@@H](Cc1ccccc1)C(=O)O.N[C@@H](Cc1ccccc1)C(=O)O. The van der Waals surface area contributed by atoms with Crippen LogP contribution in [0.1, 0.15) is 11.1 Å². The molecule has 0 fully saturated rings. The van der Waals surface area contributed by atoms with Crippen LogP contribution in [0.25, 0.3) is 0 Å². The summed E-state index contributed by atoms with van der Waals surface area (Å²) in [6, 6.07) is 17.1. The van der Waals surface area contributed by atoms with Gasteiger partial charge in [-0.05, 0) is 24.0 Å². The lowest BCUT2D eigenvalue weighted by Gasteiger charge is -2.04. The van der Waals surface area contributed by atoms with E-state index >= 15 is 0 Å². The van der Waals surface area contributed by atoms with Crippen molar-refractivity contribution >= 4 is 23.9 Å². The molecule has 0 unspecified atom stereocenters. The van der Waals surface area contributed by atoms with Crippen molar-refractivity contribution in [2.45, 2.75) is 24.9 Å². The van der Waals surface area contributed by atoms with E-state index in [4.69, 9.17) is 31.9 Å². The third-order valence-electron chi connectivity index (χ3n) is 3.58. The molecule has 0 bridgehead atoms. The predicted molar refractivity (Wildman–Crippen MR) is 125 cm³/mol. The van der Waals surface area contributed by atoms with Crippen molar-refractivity contribution in [2.75, 3.05) is 13.1 Å². The van der Waals surface area contributed by atoms with Gasteiger partial charge in [0.25, 0.3) is 0 Å². The summed E-state index contributed by atoms with van der Waals surface area (Å²) in [5, 5.41) is 32.2. The fraction of sp³-hybridized carbons (Fsp3) is 0.273. The molecule has 0 amide bonds. The van der Waals surface area contributed by atoms with Crippen LogP contribution in [0.4, 0.5) is 0 Å². The average molecular weight is 481 g/mol. The van der Waals surface area contributed by atoms with Crippen LogP contribution in [0.2, 0.25) is 0 Å². The average Bonchev–Trinajstić information content (AvgIpc) is 2.81. The molecule has 12 heteroatoms. The molecule has 12 N–H and O–H groups in total. The van der Waals surface area contributed by atoms with Gasteiger partial charge in [-0.3, -0.25) is 19.2 Å². The number of carboxylic acids is 4. The van der Waals surface area contributed by atoms with E-state index in [1.165, 1.54) is 0 Å². The van der Waals surface area contributed by atoms with E-state index in [0.717, 1.165) is 11.1 Å². The molecule has 188 valence electrons. The summed E-state index contributed by atoms with van der Waals surface area (Å²) in [6.45, 7) is -0.556. The number of carbonyl (C=O) groups is 4. The Morgan fingerprint density at radius 1 is 0.588 bits per heavy atom. The van der Waals surface area contributed by atoms with Crippen molar-refractivity contribution in [1.29, 1.82) is 0 Å². The maximum absolute atomic E-state index is 10.4. The first-order chi connectivity index (χ1) is 15.9. The maximum Gasteiger partial charge on any atom is 0.320 e. The van der Waals surface area contributed by atoms with E-state index in [0.29, 0.717) is 12.8 Å². The monoisotopic (exact) mass is 480 g/mol. The van der Waals surface area contributed by atoms with Gasteiger partial charge in [-0.25, -0.2) is 0 Å². The smallest absolute Gasteiger partial charge is 0.320 e. The molecule has 0 aromatic heterocycles. The predicted octanol–water partition coefficient (Wildman–Crippen LogP) is -0.659. The third kappa shape index (κ3) is 20.1. The van der Waals surface area contributed by atoms with Crippen LogP contribution in [0.5, 0.6) is 0 Å². The fourth-order valence-corrected chi connectivity index (χ4v) is 1.91. The molecule has 2 aromatic rings. The van der Waals surface area contributed by atoms with E-state index in [1.807, 2.05) is 60.7 Å². The van der Waals surface area contributed by atoms with Crippen LogP contribution < -0.4 is 22.9 Å². The van der Waals surface area contributed by atoms with Gasteiger partial charge < -0.3 is 43.4 Å². The van der Waals surface area contributed by atoms with Gasteiger partial charge in [0.05, 0.1) is 13.1 Å². The summed E-state index contributed by atoms with van der Waals surface area (Å²) in [4.78, 5) is 39.2. The third-order valence-corrected chi connectivity index (χ3v) is 3.58. The molecular weight excluding hydrogens is 448 g/mol. The van der Waals surface area contributed by atoms with Crippen LogP contribution in [0.15, 0.2) is 60.7 Å². The molecule has 34 heavy (non-hydrogen) atoms. The molecule has 0 aliphatic rings. The quantitative estimate of drug-likeness (QED) is 0.234.